The monoisotopic (exact) mass is 302 g/mol. The molecule has 1 aromatic heterocycles. The predicted molar refractivity (Wildman–Crippen MR) is 77.7 cm³/mol. The van der Waals surface area contributed by atoms with Crippen molar-refractivity contribution in [1.29, 1.82) is 0 Å². The summed E-state index contributed by atoms with van der Waals surface area (Å²) in [6.45, 7) is 3.50. The van der Waals surface area contributed by atoms with Crippen molar-refractivity contribution >= 4 is 29.0 Å². The highest BCUT2D eigenvalue weighted by Gasteiger charge is 2.29. The number of nitrogens with zero attached hydrogens (tertiary/aromatic N) is 1. The van der Waals surface area contributed by atoms with E-state index in [4.69, 9.17) is 22.1 Å². The molecule has 2 N–H and O–H groups in total. The average molecular weight is 303 g/mol. The molecule has 0 spiro atoms. The number of amides is 1. The predicted octanol–water partition coefficient (Wildman–Crippen LogP) is 2.75. The molecular weight excluding hydrogens is 284 g/mol. The van der Waals surface area contributed by atoms with Crippen molar-refractivity contribution in [2.24, 2.45) is 11.7 Å². The molecule has 2 rings (SSSR count). The van der Waals surface area contributed by atoms with Crippen LogP contribution in [0.15, 0.2) is 11.4 Å². The lowest BCUT2D eigenvalue weighted by atomic mass is 9.90. The molecule has 1 fully saturated rings. The minimum atomic E-state index is -0.258. The van der Waals surface area contributed by atoms with Gasteiger partial charge in [0.1, 0.15) is 0 Å². The molecule has 2 heterocycles. The Morgan fingerprint density at radius 2 is 2.42 bits per heavy atom. The number of piperidine rings is 1. The lowest BCUT2D eigenvalue weighted by molar-refractivity contribution is 0.0833. The number of rotatable bonds is 3. The molecule has 0 aromatic carbocycles. The van der Waals surface area contributed by atoms with Crippen LogP contribution >= 0.6 is 22.9 Å². The van der Waals surface area contributed by atoms with E-state index in [1.54, 1.807) is 4.90 Å². The van der Waals surface area contributed by atoms with Crippen LogP contribution < -0.4 is 5.73 Å². The van der Waals surface area contributed by atoms with Crippen molar-refractivity contribution in [1.82, 2.24) is 4.90 Å². The van der Waals surface area contributed by atoms with Gasteiger partial charge in [0, 0.05) is 19.1 Å². The Balaban J connectivity index is 1.95. The number of hydrogen-bond acceptors (Lipinski definition) is 4. The van der Waals surface area contributed by atoms with Gasteiger partial charge in [-0.25, -0.2) is 4.79 Å². The largest absolute Gasteiger partial charge is 0.450 e. The Labute approximate surface area is 122 Å². The van der Waals surface area contributed by atoms with Crippen molar-refractivity contribution in [3.63, 3.8) is 0 Å². The third-order valence-corrected chi connectivity index (χ3v) is 4.38. The molecule has 6 heteroatoms. The van der Waals surface area contributed by atoms with Gasteiger partial charge < -0.3 is 15.4 Å². The summed E-state index contributed by atoms with van der Waals surface area (Å²) in [6.07, 6.45) is 1.59. The van der Waals surface area contributed by atoms with Crippen LogP contribution in [0.25, 0.3) is 0 Å². The minimum Gasteiger partial charge on any atom is -0.450 e. The number of nitrogens with two attached hydrogens (primary N) is 1. The number of hydrogen-bond donors (Lipinski definition) is 1. The summed E-state index contributed by atoms with van der Waals surface area (Å²) in [5.74, 6) is 0.374. The van der Waals surface area contributed by atoms with Crippen LogP contribution in [0.3, 0.4) is 0 Å². The zero-order valence-corrected chi connectivity index (χ0v) is 12.5. The van der Waals surface area contributed by atoms with Gasteiger partial charge in [-0.3, -0.25) is 0 Å². The minimum absolute atomic E-state index is 0.0252. The highest BCUT2D eigenvalue weighted by Crippen LogP contribution is 2.26. The SMILES string of the molecule is CCOC(=O)N1CC(N)CC(Cc2csc(Cl)c2)C1. The second-order valence-corrected chi connectivity index (χ2v) is 6.47. The molecule has 1 aliphatic rings. The highest BCUT2D eigenvalue weighted by molar-refractivity contribution is 7.14. The highest BCUT2D eigenvalue weighted by atomic mass is 35.5. The third-order valence-electron chi connectivity index (χ3n) is 3.24. The van der Waals surface area contributed by atoms with Gasteiger partial charge in [-0.2, -0.15) is 0 Å². The van der Waals surface area contributed by atoms with E-state index in [1.165, 1.54) is 16.9 Å². The van der Waals surface area contributed by atoms with Gasteiger partial charge in [-0.1, -0.05) is 11.6 Å². The number of likely N-dealkylation sites (tertiary alicyclic amines) is 1. The maximum atomic E-state index is 11.8. The van der Waals surface area contributed by atoms with Gasteiger partial charge in [0.2, 0.25) is 0 Å². The summed E-state index contributed by atoms with van der Waals surface area (Å²) < 4.78 is 5.85. The molecule has 2 atom stereocenters. The zero-order chi connectivity index (χ0) is 13.8. The quantitative estimate of drug-likeness (QED) is 0.934. The van der Waals surface area contributed by atoms with Gasteiger partial charge in [0.15, 0.2) is 0 Å². The first-order chi connectivity index (χ1) is 9.08. The molecule has 1 aliphatic heterocycles. The van der Waals surface area contributed by atoms with Crippen LogP contribution in [0.4, 0.5) is 4.79 Å². The second-order valence-electron chi connectivity index (χ2n) is 4.93. The van der Waals surface area contributed by atoms with Crippen molar-refractivity contribution in [3.05, 3.63) is 21.3 Å². The normalized spacial score (nSPS) is 23.4. The third kappa shape index (κ3) is 4.09. The molecule has 2 unspecified atom stereocenters. The van der Waals surface area contributed by atoms with Crippen LogP contribution in [0.1, 0.15) is 18.9 Å². The van der Waals surface area contributed by atoms with E-state index >= 15 is 0 Å². The van der Waals surface area contributed by atoms with Gasteiger partial charge in [0.25, 0.3) is 0 Å². The summed E-state index contributed by atoms with van der Waals surface area (Å²) in [7, 11) is 0. The summed E-state index contributed by atoms with van der Waals surface area (Å²) in [5.41, 5.74) is 7.26. The summed E-state index contributed by atoms with van der Waals surface area (Å²) in [5, 5.41) is 2.07. The lowest BCUT2D eigenvalue weighted by Crippen LogP contribution is -2.50. The average Bonchev–Trinajstić information content (AvgIpc) is 2.74. The van der Waals surface area contributed by atoms with Crippen LogP contribution in [-0.2, 0) is 11.2 Å². The van der Waals surface area contributed by atoms with E-state index in [9.17, 15) is 4.79 Å². The van der Waals surface area contributed by atoms with Crippen LogP contribution in [0.5, 0.6) is 0 Å². The molecule has 106 valence electrons. The molecular formula is C13H19ClN2O2S. The Hall–Kier alpha value is -0.780. The number of carbonyl (C=O) groups is 1. The maximum Gasteiger partial charge on any atom is 0.409 e. The molecule has 1 saturated heterocycles. The maximum absolute atomic E-state index is 11.8. The number of ether oxygens (including phenoxy) is 1. The van der Waals surface area contributed by atoms with Gasteiger partial charge in [-0.15, -0.1) is 11.3 Å². The molecule has 1 amide bonds. The first-order valence-electron chi connectivity index (χ1n) is 6.48. The van der Waals surface area contributed by atoms with E-state index in [0.29, 0.717) is 25.6 Å². The topological polar surface area (TPSA) is 55.6 Å². The Morgan fingerprint density at radius 3 is 3.05 bits per heavy atom. The summed E-state index contributed by atoms with van der Waals surface area (Å²) >= 11 is 7.47. The van der Waals surface area contributed by atoms with Gasteiger partial charge >= 0.3 is 6.09 Å². The summed E-state index contributed by atoms with van der Waals surface area (Å²) in [4.78, 5) is 13.5. The molecule has 1 aromatic rings. The standard InChI is InChI=1S/C13H19ClN2O2S/c1-2-18-13(17)16-6-9(4-11(15)7-16)3-10-5-12(14)19-8-10/h5,8-9,11H,2-4,6-7,15H2,1H3. The Bertz CT molecular complexity index is 438. The molecule has 0 radical (unpaired) electrons. The van der Waals surface area contributed by atoms with E-state index < -0.39 is 0 Å². The van der Waals surface area contributed by atoms with E-state index in [0.717, 1.165) is 17.2 Å². The van der Waals surface area contributed by atoms with Crippen molar-refractivity contribution in [3.8, 4) is 0 Å². The van der Waals surface area contributed by atoms with E-state index in [2.05, 4.69) is 5.38 Å². The van der Waals surface area contributed by atoms with Crippen molar-refractivity contribution in [2.45, 2.75) is 25.8 Å². The van der Waals surface area contributed by atoms with Crippen LogP contribution in [0.2, 0.25) is 4.34 Å². The van der Waals surface area contributed by atoms with Crippen molar-refractivity contribution in [2.75, 3.05) is 19.7 Å². The smallest absolute Gasteiger partial charge is 0.409 e. The second kappa shape index (κ2) is 6.59. The van der Waals surface area contributed by atoms with E-state index in [-0.39, 0.29) is 12.1 Å². The first-order valence-corrected chi connectivity index (χ1v) is 7.74. The lowest BCUT2D eigenvalue weighted by Gasteiger charge is -2.35. The Morgan fingerprint density at radius 1 is 1.63 bits per heavy atom. The van der Waals surface area contributed by atoms with Crippen LogP contribution in [-0.4, -0.2) is 36.7 Å². The van der Waals surface area contributed by atoms with Gasteiger partial charge in [0.05, 0.1) is 10.9 Å². The van der Waals surface area contributed by atoms with Crippen LogP contribution in [0, 0.1) is 5.92 Å². The number of thiophene rings is 1. The van der Waals surface area contributed by atoms with Gasteiger partial charge in [-0.05, 0) is 42.7 Å². The Kier molecular flexibility index (Phi) is 5.07. The summed E-state index contributed by atoms with van der Waals surface area (Å²) in [6, 6.07) is 2.01. The first kappa shape index (κ1) is 14.6. The fourth-order valence-corrected chi connectivity index (χ4v) is 3.47. The zero-order valence-electron chi connectivity index (χ0n) is 11.0. The molecule has 4 nitrogen and oxygen atoms in total. The number of carbonyl (C=O) groups excluding carboxylic acids is 1. The molecule has 0 saturated carbocycles. The molecule has 19 heavy (non-hydrogen) atoms. The fourth-order valence-electron chi connectivity index (χ4n) is 2.54. The molecule has 0 aliphatic carbocycles. The number of halogens is 1. The molecule has 0 bridgehead atoms. The van der Waals surface area contributed by atoms with Crippen molar-refractivity contribution < 1.29 is 9.53 Å². The van der Waals surface area contributed by atoms with E-state index in [1.807, 2.05) is 13.0 Å². The fraction of sp³-hybridized carbons (Fsp3) is 0.615.